The molecule has 2 aromatic rings. The molecule has 1 aliphatic heterocycles. The van der Waals surface area contributed by atoms with E-state index in [0.717, 1.165) is 29.1 Å². The molecule has 2 aliphatic rings. The molecule has 122 valence electrons. The van der Waals surface area contributed by atoms with Crippen LogP contribution in [-0.2, 0) is 4.79 Å². The Morgan fingerprint density at radius 3 is 2.64 bits per heavy atom. The van der Waals surface area contributed by atoms with Crippen LogP contribution in [0.15, 0.2) is 89.6 Å². The fourth-order valence-electron chi connectivity index (χ4n) is 3.05. The lowest BCUT2D eigenvalue weighted by Crippen LogP contribution is -2.28. The van der Waals surface area contributed by atoms with Gasteiger partial charge < -0.3 is 0 Å². The zero-order chi connectivity index (χ0) is 17.2. The number of aryl methyl sites for hydroxylation is 1. The molecule has 0 fully saturated rings. The van der Waals surface area contributed by atoms with Crippen molar-refractivity contribution in [3.05, 3.63) is 95.7 Å². The first kappa shape index (κ1) is 15.3. The number of anilines is 1. The van der Waals surface area contributed by atoms with Gasteiger partial charge in [0.1, 0.15) is 5.71 Å². The van der Waals surface area contributed by atoms with Crippen LogP contribution >= 0.6 is 0 Å². The molecule has 0 saturated heterocycles. The zero-order valence-corrected chi connectivity index (χ0v) is 14.0. The van der Waals surface area contributed by atoms with Crippen LogP contribution in [0.25, 0.3) is 0 Å². The number of allylic oxidation sites excluding steroid dienone is 5. The maximum Gasteiger partial charge on any atom is 0.282 e. The Hall–Kier alpha value is -3.20. The van der Waals surface area contributed by atoms with E-state index in [1.54, 1.807) is 4.90 Å². The Morgan fingerprint density at radius 2 is 1.80 bits per heavy atom. The van der Waals surface area contributed by atoms with Crippen molar-refractivity contribution < 1.29 is 4.79 Å². The number of hydrogen-bond acceptors (Lipinski definition) is 2. The molecule has 4 rings (SSSR count). The first-order valence-electron chi connectivity index (χ1n) is 8.36. The number of aliphatic imine (C=N–C) groups is 1. The second-order valence-corrected chi connectivity index (χ2v) is 6.11. The van der Waals surface area contributed by atoms with Gasteiger partial charge in [-0.3, -0.25) is 9.69 Å². The summed E-state index contributed by atoms with van der Waals surface area (Å²) in [5, 5.41) is 0. The van der Waals surface area contributed by atoms with E-state index < -0.39 is 0 Å². The first-order chi connectivity index (χ1) is 12.2. The van der Waals surface area contributed by atoms with Crippen molar-refractivity contribution >= 4 is 23.0 Å². The van der Waals surface area contributed by atoms with Crippen molar-refractivity contribution in [1.82, 2.24) is 0 Å². The summed E-state index contributed by atoms with van der Waals surface area (Å²) in [6, 6.07) is 15.7. The quantitative estimate of drug-likeness (QED) is 0.775. The highest BCUT2D eigenvalue weighted by molar-refractivity contribution is 6.55. The van der Waals surface area contributed by atoms with Gasteiger partial charge in [-0.1, -0.05) is 60.2 Å². The molecule has 0 unspecified atom stereocenters. The highest BCUT2D eigenvalue weighted by atomic mass is 16.2. The van der Waals surface area contributed by atoms with E-state index in [2.05, 4.69) is 17.1 Å². The van der Waals surface area contributed by atoms with E-state index in [-0.39, 0.29) is 5.91 Å². The van der Waals surface area contributed by atoms with Gasteiger partial charge in [-0.2, -0.15) is 0 Å². The third-order valence-electron chi connectivity index (χ3n) is 4.32. The van der Waals surface area contributed by atoms with Gasteiger partial charge in [-0.05, 0) is 37.6 Å². The van der Waals surface area contributed by atoms with Crippen molar-refractivity contribution in [2.45, 2.75) is 13.3 Å². The van der Waals surface area contributed by atoms with Crippen molar-refractivity contribution in [3.8, 4) is 0 Å². The Labute approximate surface area is 147 Å². The van der Waals surface area contributed by atoms with E-state index in [1.165, 1.54) is 5.56 Å². The third kappa shape index (κ3) is 2.85. The summed E-state index contributed by atoms with van der Waals surface area (Å²) in [7, 11) is 0. The highest BCUT2D eigenvalue weighted by Gasteiger charge is 2.35. The highest BCUT2D eigenvalue weighted by Crippen LogP contribution is 2.34. The second kappa shape index (κ2) is 6.36. The minimum atomic E-state index is -0.0837. The third-order valence-corrected chi connectivity index (χ3v) is 4.32. The molecule has 2 aromatic carbocycles. The lowest BCUT2D eigenvalue weighted by molar-refractivity contribution is -0.111. The van der Waals surface area contributed by atoms with Gasteiger partial charge in [0.05, 0.1) is 11.4 Å². The molecule has 0 N–H and O–H groups in total. The fraction of sp³-hybridized carbons (Fsp3) is 0.0909. The second-order valence-electron chi connectivity index (χ2n) is 6.11. The summed E-state index contributed by atoms with van der Waals surface area (Å²) in [5.41, 5.74) is 5.10. The largest absolute Gasteiger partial charge is 0.282 e. The summed E-state index contributed by atoms with van der Waals surface area (Å²) >= 11 is 0. The van der Waals surface area contributed by atoms with Gasteiger partial charge in [0.2, 0.25) is 0 Å². The van der Waals surface area contributed by atoms with Gasteiger partial charge in [0.25, 0.3) is 5.91 Å². The molecule has 0 radical (unpaired) electrons. The SMILES string of the molecule is Cc1ccc(N=C2C(=O)N(C3=CCC=CC=C3)c3ccccc32)cc1. The van der Waals surface area contributed by atoms with Crippen LogP contribution < -0.4 is 4.90 Å². The molecule has 3 heteroatoms. The number of hydrogen-bond donors (Lipinski definition) is 0. The van der Waals surface area contributed by atoms with Gasteiger partial charge in [-0.15, -0.1) is 0 Å². The molecule has 1 amide bonds. The molecule has 1 heterocycles. The average Bonchev–Trinajstić information content (AvgIpc) is 2.80. The molecular weight excluding hydrogens is 308 g/mol. The molecule has 0 spiro atoms. The van der Waals surface area contributed by atoms with Crippen molar-refractivity contribution in [2.24, 2.45) is 4.99 Å². The summed E-state index contributed by atoms with van der Waals surface area (Å²) in [4.78, 5) is 19.5. The molecular formula is C22H18N2O. The van der Waals surface area contributed by atoms with Gasteiger partial charge >= 0.3 is 0 Å². The van der Waals surface area contributed by atoms with Crippen molar-refractivity contribution in [2.75, 3.05) is 4.90 Å². The van der Waals surface area contributed by atoms with E-state index in [0.29, 0.717) is 5.71 Å². The number of carbonyl (C=O) groups excluding carboxylic acids is 1. The van der Waals surface area contributed by atoms with Crippen LogP contribution in [0.1, 0.15) is 17.5 Å². The average molecular weight is 326 g/mol. The number of benzene rings is 2. The summed E-state index contributed by atoms with van der Waals surface area (Å²) in [6.45, 7) is 2.04. The topological polar surface area (TPSA) is 32.7 Å². The lowest BCUT2D eigenvalue weighted by Gasteiger charge is -2.17. The zero-order valence-electron chi connectivity index (χ0n) is 14.0. The van der Waals surface area contributed by atoms with Gasteiger partial charge in [-0.25, -0.2) is 4.99 Å². The summed E-state index contributed by atoms with van der Waals surface area (Å²) in [6.07, 6.45) is 10.9. The summed E-state index contributed by atoms with van der Waals surface area (Å²) in [5.74, 6) is -0.0837. The van der Waals surface area contributed by atoms with Crippen molar-refractivity contribution in [1.29, 1.82) is 0 Å². The van der Waals surface area contributed by atoms with E-state index in [1.807, 2.05) is 73.7 Å². The molecule has 0 aromatic heterocycles. The number of rotatable bonds is 2. The number of nitrogens with zero attached hydrogens (tertiary/aromatic N) is 2. The molecule has 0 atom stereocenters. The Kier molecular flexibility index (Phi) is 3.90. The molecule has 0 saturated carbocycles. The minimum Gasteiger partial charge on any atom is -0.275 e. The summed E-state index contributed by atoms with van der Waals surface area (Å²) < 4.78 is 0. The fourth-order valence-corrected chi connectivity index (χ4v) is 3.05. The predicted octanol–water partition coefficient (Wildman–Crippen LogP) is 4.86. The van der Waals surface area contributed by atoms with E-state index in [9.17, 15) is 4.79 Å². The van der Waals surface area contributed by atoms with Crippen LogP contribution in [-0.4, -0.2) is 11.6 Å². The van der Waals surface area contributed by atoms with Gasteiger partial charge in [0, 0.05) is 11.3 Å². The predicted molar refractivity (Wildman–Crippen MR) is 102 cm³/mol. The van der Waals surface area contributed by atoms with E-state index in [4.69, 9.17) is 0 Å². The Morgan fingerprint density at radius 1 is 1.00 bits per heavy atom. The first-order valence-corrected chi connectivity index (χ1v) is 8.36. The van der Waals surface area contributed by atoms with Crippen LogP contribution in [0, 0.1) is 6.92 Å². The molecule has 3 nitrogen and oxygen atoms in total. The Bertz CT molecular complexity index is 946. The van der Waals surface area contributed by atoms with Crippen LogP contribution in [0.2, 0.25) is 0 Å². The van der Waals surface area contributed by atoms with Crippen molar-refractivity contribution in [3.63, 3.8) is 0 Å². The van der Waals surface area contributed by atoms with Crippen LogP contribution in [0.5, 0.6) is 0 Å². The number of amides is 1. The number of fused-ring (bicyclic) bond motifs is 1. The maximum absolute atomic E-state index is 13.1. The normalized spacial score (nSPS) is 17.6. The van der Waals surface area contributed by atoms with Crippen LogP contribution in [0.4, 0.5) is 11.4 Å². The standard InChI is InChI=1S/C22H18N2O/c1-16-12-14-17(15-13-16)23-21-19-10-6-7-11-20(19)24(22(21)25)18-8-4-2-3-5-9-18/h2-4,6-15H,5H2,1H3. The molecule has 25 heavy (non-hydrogen) atoms. The molecule has 0 bridgehead atoms. The lowest BCUT2D eigenvalue weighted by atomic mass is 10.1. The monoisotopic (exact) mass is 326 g/mol. The molecule has 1 aliphatic carbocycles. The van der Waals surface area contributed by atoms with Crippen LogP contribution in [0.3, 0.4) is 0 Å². The maximum atomic E-state index is 13.1. The minimum absolute atomic E-state index is 0.0837. The van der Waals surface area contributed by atoms with E-state index >= 15 is 0 Å². The Balaban J connectivity index is 1.81. The smallest absolute Gasteiger partial charge is 0.275 e. The van der Waals surface area contributed by atoms with Gasteiger partial charge in [0.15, 0.2) is 0 Å². The number of carbonyl (C=O) groups is 1. The number of para-hydroxylation sites is 1.